The Morgan fingerprint density at radius 1 is 1.26 bits per heavy atom. The second-order valence-electron chi connectivity index (χ2n) is 5.73. The highest BCUT2D eigenvalue weighted by Crippen LogP contribution is 2.33. The van der Waals surface area contributed by atoms with Crippen LogP contribution < -0.4 is 10.6 Å². The Morgan fingerprint density at radius 2 is 1.96 bits per heavy atom. The largest absolute Gasteiger partial charge is 0.433 e. The molecule has 2 N–H and O–H groups in total. The number of hydrogen-bond donors (Lipinski definition) is 2. The summed E-state index contributed by atoms with van der Waals surface area (Å²) in [7, 11) is 3.61. The highest BCUT2D eigenvalue weighted by molar-refractivity contribution is 6.31. The summed E-state index contributed by atoms with van der Waals surface area (Å²) in [4.78, 5) is 19.7. The van der Waals surface area contributed by atoms with Crippen LogP contribution in [-0.4, -0.2) is 47.0 Å². The van der Waals surface area contributed by atoms with Crippen molar-refractivity contribution in [2.75, 3.05) is 37.8 Å². The molecule has 0 bridgehead atoms. The van der Waals surface area contributed by atoms with Gasteiger partial charge in [-0.2, -0.15) is 18.2 Å². The maximum Gasteiger partial charge on any atom is 0.433 e. The monoisotopic (exact) mass is 404 g/mol. The summed E-state index contributed by atoms with van der Waals surface area (Å²) in [6.45, 7) is 0.854. The van der Waals surface area contributed by atoms with Gasteiger partial charge in [-0.15, -0.1) is 0 Å². The molecule has 0 fully saturated rings. The van der Waals surface area contributed by atoms with Gasteiger partial charge in [0.25, 0.3) is 5.69 Å². The molecule has 2 rings (SSSR count). The molecule has 27 heavy (non-hydrogen) atoms. The van der Waals surface area contributed by atoms with Gasteiger partial charge in [-0.25, -0.2) is 4.98 Å². The van der Waals surface area contributed by atoms with Crippen LogP contribution in [0.4, 0.5) is 36.3 Å². The van der Waals surface area contributed by atoms with E-state index >= 15 is 0 Å². The Labute approximate surface area is 157 Å². The average molecular weight is 405 g/mol. The third kappa shape index (κ3) is 5.93. The molecule has 146 valence electrons. The third-order valence-corrected chi connectivity index (χ3v) is 3.51. The molecule has 0 aliphatic heterocycles. The van der Waals surface area contributed by atoms with Gasteiger partial charge in [0.2, 0.25) is 5.95 Å². The summed E-state index contributed by atoms with van der Waals surface area (Å²) >= 11 is 5.83. The van der Waals surface area contributed by atoms with Gasteiger partial charge in [0.15, 0.2) is 5.69 Å². The third-order valence-electron chi connectivity index (χ3n) is 3.28. The van der Waals surface area contributed by atoms with E-state index in [1.54, 1.807) is 14.1 Å². The second-order valence-corrected chi connectivity index (χ2v) is 6.17. The fourth-order valence-corrected chi connectivity index (χ4v) is 2.20. The van der Waals surface area contributed by atoms with Crippen molar-refractivity contribution in [2.45, 2.75) is 6.18 Å². The zero-order chi connectivity index (χ0) is 20.2. The number of halogens is 4. The van der Waals surface area contributed by atoms with Crippen molar-refractivity contribution in [2.24, 2.45) is 0 Å². The number of rotatable bonds is 7. The molecule has 1 aromatic heterocycles. The summed E-state index contributed by atoms with van der Waals surface area (Å²) < 4.78 is 39.4. The first kappa shape index (κ1) is 20.6. The van der Waals surface area contributed by atoms with Crippen LogP contribution in [0.25, 0.3) is 0 Å². The SMILES string of the molecule is CN(C)CCNc1nc(Nc2cc(Cl)ccc2[N+](=O)[O-])cc(C(F)(F)F)n1. The minimum atomic E-state index is -4.71. The van der Waals surface area contributed by atoms with E-state index in [0.29, 0.717) is 19.2 Å². The standard InChI is InChI=1S/C15H16ClF3N6O2/c1-24(2)6-5-20-14-22-12(15(17,18)19)8-13(23-14)21-10-7-9(16)3-4-11(10)25(26)27/h3-4,7-8H,5-6H2,1-2H3,(H2,20,21,22,23). The van der Waals surface area contributed by atoms with E-state index in [1.165, 1.54) is 12.1 Å². The number of anilines is 3. The highest BCUT2D eigenvalue weighted by Gasteiger charge is 2.34. The lowest BCUT2D eigenvalue weighted by molar-refractivity contribution is -0.383. The number of hydrogen-bond acceptors (Lipinski definition) is 7. The molecule has 0 amide bonds. The van der Waals surface area contributed by atoms with Crippen LogP contribution in [0.1, 0.15) is 5.69 Å². The molecule has 8 nitrogen and oxygen atoms in total. The molecular formula is C15H16ClF3N6O2. The Hall–Kier alpha value is -2.66. The molecule has 0 spiro atoms. The van der Waals surface area contributed by atoms with E-state index in [9.17, 15) is 23.3 Å². The quantitative estimate of drug-likeness (QED) is 0.535. The van der Waals surface area contributed by atoms with Crippen LogP contribution >= 0.6 is 11.6 Å². The number of nitrogens with one attached hydrogen (secondary N) is 2. The van der Waals surface area contributed by atoms with Gasteiger partial charge in [0.1, 0.15) is 11.5 Å². The fraction of sp³-hybridized carbons (Fsp3) is 0.333. The van der Waals surface area contributed by atoms with Gasteiger partial charge < -0.3 is 15.5 Å². The Morgan fingerprint density at radius 3 is 2.56 bits per heavy atom. The van der Waals surface area contributed by atoms with Crippen molar-refractivity contribution < 1.29 is 18.1 Å². The van der Waals surface area contributed by atoms with E-state index < -0.39 is 16.8 Å². The normalized spacial score (nSPS) is 11.5. The van der Waals surface area contributed by atoms with Gasteiger partial charge in [-0.3, -0.25) is 10.1 Å². The Kier molecular flexibility index (Phi) is 6.39. The van der Waals surface area contributed by atoms with Crippen molar-refractivity contribution in [3.8, 4) is 0 Å². The molecule has 0 unspecified atom stereocenters. The van der Waals surface area contributed by atoms with Crippen molar-refractivity contribution in [3.63, 3.8) is 0 Å². The Balaban J connectivity index is 2.38. The molecule has 1 aromatic carbocycles. The van der Waals surface area contributed by atoms with Gasteiger partial charge in [0, 0.05) is 30.2 Å². The van der Waals surface area contributed by atoms with E-state index in [-0.39, 0.29) is 28.2 Å². The molecule has 0 aliphatic carbocycles. The second kappa shape index (κ2) is 8.35. The molecule has 0 aliphatic rings. The predicted molar refractivity (Wildman–Crippen MR) is 95.5 cm³/mol. The zero-order valence-corrected chi connectivity index (χ0v) is 15.1. The highest BCUT2D eigenvalue weighted by atomic mass is 35.5. The molecule has 0 saturated carbocycles. The van der Waals surface area contributed by atoms with E-state index in [4.69, 9.17) is 11.6 Å². The van der Waals surface area contributed by atoms with Crippen LogP contribution in [0.5, 0.6) is 0 Å². The van der Waals surface area contributed by atoms with Gasteiger partial charge in [0.05, 0.1) is 4.92 Å². The average Bonchev–Trinajstić information content (AvgIpc) is 2.53. The molecule has 0 radical (unpaired) electrons. The van der Waals surface area contributed by atoms with Crippen molar-refractivity contribution in [1.29, 1.82) is 0 Å². The molecule has 0 saturated heterocycles. The van der Waals surface area contributed by atoms with Crippen LogP contribution in [0, 0.1) is 10.1 Å². The topological polar surface area (TPSA) is 96.2 Å². The van der Waals surface area contributed by atoms with Crippen LogP contribution in [-0.2, 0) is 6.18 Å². The summed E-state index contributed by atoms with van der Waals surface area (Å²) in [6.07, 6.45) is -4.71. The number of benzene rings is 1. The number of nitro benzene ring substituents is 1. The van der Waals surface area contributed by atoms with E-state index in [0.717, 1.165) is 6.07 Å². The summed E-state index contributed by atoms with van der Waals surface area (Å²) in [6, 6.07) is 4.35. The van der Waals surface area contributed by atoms with E-state index in [2.05, 4.69) is 20.6 Å². The summed E-state index contributed by atoms with van der Waals surface area (Å²) in [5, 5.41) is 16.5. The lowest BCUT2D eigenvalue weighted by Gasteiger charge is -2.14. The predicted octanol–water partition coefficient (Wildman–Crippen LogP) is 3.77. The first-order valence-electron chi connectivity index (χ1n) is 7.62. The number of nitrogens with zero attached hydrogens (tertiary/aromatic N) is 4. The number of aromatic nitrogens is 2. The Bertz CT molecular complexity index is 832. The molecule has 2 aromatic rings. The maximum absolute atomic E-state index is 13.1. The van der Waals surface area contributed by atoms with Crippen molar-refractivity contribution >= 4 is 34.7 Å². The zero-order valence-electron chi connectivity index (χ0n) is 14.3. The first-order chi connectivity index (χ1) is 12.6. The van der Waals surface area contributed by atoms with Gasteiger partial charge >= 0.3 is 6.18 Å². The van der Waals surface area contributed by atoms with Crippen LogP contribution in [0.3, 0.4) is 0 Å². The van der Waals surface area contributed by atoms with E-state index in [1.807, 2.05) is 4.90 Å². The molecule has 1 heterocycles. The lowest BCUT2D eigenvalue weighted by Crippen LogP contribution is -2.22. The fourth-order valence-electron chi connectivity index (χ4n) is 2.03. The molecule has 0 atom stereocenters. The minimum absolute atomic E-state index is 0.0847. The van der Waals surface area contributed by atoms with Gasteiger partial charge in [-0.05, 0) is 26.2 Å². The molecular weight excluding hydrogens is 389 g/mol. The first-order valence-corrected chi connectivity index (χ1v) is 8.00. The minimum Gasteiger partial charge on any atom is -0.353 e. The number of nitro groups is 1. The van der Waals surface area contributed by atoms with Gasteiger partial charge in [-0.1, -0.05) is 11.6 Å². The smallest absolute Gasteiger partial charge is 0.353 e. The lowest BCUT2D eigenvalue weighted by atomic mass is 10.2. The van der Waals surface area contributed by atoms with Crippen LogP contribution in [0.15, 0.2) is 24.3 Å². The van der Waals surface area contributed by atoms with Crippen molar-refractivity contribution in [3.05, 3.63) is 45.1 Å². The van der Waals surface area contributed by atoms with Crippen molar-refractivity contribution in [1.82, 2.24) is 14.9 Å². The number of likely N-dealkylation sites (N-methyl/N-ethyl adjacent to an activating group) is 1. The summed E-state index contributed by atoms with van der Waals surface area (Å²) in [5.74, 6) is -0.506. The molecule has 12 heteroatoms. The summed E-state index contributed by atoms with van der Waals surface area (Å²) in [5.41, 5.74) is -1.62. The number of alkyl halides is 3. The van der Waals surface area contributed by atoms with Crippen LogP contribution in [0.2, 0.25) is 5.02 Å². The maximum atomic E-state index is 13.1.